The third-order valence-corrected chi connectivity index (χ3v) is 6.79. The minimum absolute atomic E-state index is 0.0568. The first-order valence-corrected chi connectivity index (χ1v) is 11.2. The van der Waals surface area contributed by atoms with Gasteiger partial charge in [0, 0.05) is 11.9 Å². The summed E-state index contributed by atoms with van der Waals surface area (Å²) in [6, 6.07) is 14.2. The molecule has 0 aromatic heterocycles. The van der Waals surface area contributed by atoms with Crippen molar-refractivity contribution in [1.82, 2.24) is 4.31 Å². The highest BCUT2D eigenvalue weighted by atomic mass is 32.2. The van der Waals surface area contributed by atoms with E-state index in [1.807, 2.05) is 36.6 Å². The Labute approximate surface area is 166 Å². The largest absolute Gasteiger partial charge is 0.324 e. The van der Waals surface area contributed by atoms with Gasteiger partial charge in [-0.2, -0.15) is 4.31 Å². The van der Waals surface area contributed by atoms with Crippen LogP contribution in [0.3, 0.4) is 0 Å². The van der Waals surface area contributed by atoms with Crippen LogP contribution in [0, 0.1) is 0 Å². The summed E-state index contributed by atoms with van der Waals surface area (Å²) in [5.74, 6) is -0.381. The Bertz CT molecular complexity index is 902. The molecule has 0 atom stereocenters. The number of sulfonamides is 1. The first-order valence-electron chi connectivity index (χ1n) is 8.55. The first-order chi connectivity index (χ1) is 12.6. The van der Waals surface area contributed by atoms with E-state index in [-0.39, 0.29) is 22.8 Å². The van der Waals surface area contributed by atoms with Crippen molar-refractivity contribution in [1.29, 1.82) is 0 Å². The Hall–Kier alpha value is -1.83. The topological polar surface area (TPSA) is 66.5 Å². The van der Waals surface area contributed by atoms with E-state index in [0.717, 1.165) is 14.8 Å². The highest BCUT2D eigenvalue weighted by Gasteiger charge is 2.24. The SMILES string of the molecule is CSc1ccccc1NC(=O)CN(C)S(=O)(=O)c1ccc(C(C)(C)C)cc1. The predicted molar refractivity (Wildman–Crippen MR) is 112 cm³/mol. The van der Waals surface area contributed by atoms with Gasteiger partial charge in [-0.15, -0.1) is 11.8 Å². The lowest BCUT2D eigenvalue weighted by Crippen LogP contribution is -2.35. The van der Waals surface area contributed by atoms with Crippen molar-refractivity contribution < 1.29 is 13.2 Å². The monoisotopic (exact) mass is 406 g/mol. The summed E-state index contributed by atoms with van der Waals surface area (Å²) in [4.78, 5) is 13.4. The van der Waals surface area contributed by atoms with Crippen LogP contribution < -0.4 is 5.32 Å². The molecule has 1 amide bonds. The molecule has 2 aromatic carbocycles. The maximum Gasteiger partial charge on any atom is 0.243 e. The van der Waals surface area contributed by atoms with Crippen molar-refractivity contribution in [2.45, 2.75) is 36.0 Å². The van der Waals surface area contributed by atoms with Crippen LogP contribution in [0.25, 0.3) is 0 Å². The fourth-order valence-electron chi connectivity index (χ4n) is 2.53. The summed E-state index contributed by atoms with van der Waals surface area (Å²) in [6.07, 6.45) is 1.92. The predicted octanol–water partition coefficient (Wildman–Crippen LogP) is 3.97. The number of hydrogen-bond acceptors (Lipinski definition) is 4. The lowest BCUT2D eigenvalue weighted by atomic mass is 9.87. The number of thioether (sulfide) groups is 1. The van der Waals surface area contributed by atoms with E-state index in [1.54, 1.807) is 18.2 Å². The molecule has 0 spiro atoms. The van der Waals surface area contributed by atoms with Crippen LogP contribution in [-0.2, 0) is 20.2 Å². The molecular weight excluding hydrogens is 380 g/mol. The van der Waals surface area contributed by atoms with E-state index in [9.17, 15) is 13.2 Å². The number of benzene rings is 2. The van der Waals surface area contributed by atoms with Gasteiger partial charge in [0.05, 0.1) is 17.1 Å². The first kappa shape index (κ1) is 21.5. The van der Waals surface area contributed by atoms with Gasteiger partial charge in [-0.1, -0.05) is 45.0 Å². The van der Waals surface area contributed by atoms with Gasteiger partial charge in [0.1, 0.15) is 0 Å². The second-order valence-electron chi connectivity index (χ2n) is 7.28. The number of carbonyl (C=O) groups excluding carboxylic acids is 1. The van der Waals surface area contributed by atoms with Gasteiger partial charge >= 0.3 is 0 Å². The molecule has 0 aliphatic carbocycles. The average Bonchev–Trinajstić information content (AvgIpc) is 2.61. The smallest absolute Gasteiger partial charge is 0.243 e. The van der Waals surface area contributed by atoms with E-state index in [2.05, 4.69) is 26.1 Å². The van der Waals surface area contributed by atoms with Crippen molar-refractivity contribution in [3.63, 3.8) is 0 Å². The Balaban J connectivity index is 2.11. The van der Waals surface area contributed by atoms with Gasteiger partial charge in [0.2, 0.25) is 15.9 Å². The van der Waals surface area contributed by atoms with E-state index in [0.29, 0.717) is 5.69 Å². The Morgan fingerprint density at radius 3 is 2.22 bits per heavy atom. The van der Waals surface area contributed by atoms with Gasteiger partial charge in [0.25, 0.3) is 0 Å². The summed E-state index contributed by atoms with van der Waals surface area (Å²) in [5.41, 5.74) is 1.67. The second-order valence-corrected chi connectivity index (χ2v) is 10.2. The minimum Gasteiger partial charge on any atom is -0.324 e. The molecule has 0 bridgehead atoms. The van der Waals surface area contributed by atoms with E-state index in [1.165, 1.54) is 18.8 Å². The average molecular weight is 407 g/mol. The lowest BCUT2D eigenvalue weighted by molar-refractivity contribution is -0.116. The Morgan fingerprint density at radius 2 is 1.67 bits per heavy atom. The molecule has 0 heterocycles. The molecule has 0 aliphatic rings. The van der Waals surface area contributed by atoms with Crippen molar-refractivity contribution in [3.05, 3.63) is 54.1 Å². The summed E-state index contributed by atoms with van der Waals surface area (Å²) < 4.78 is 26.6. The Morgan fingerprint density at radius 1 is 1.07 bits per heavy atom. The fourth-order valence-corrected chi connectivity index (χ4v) is 4.21. The molecule has 5 nitrogen and oxygen atoms in total. The molecule has 0 unspecified atom stereocenters. The van der Waals surface area contributed by atoms with Crippen molar-refractivity contribution in [2.75, 3.05) is 25.2 Å². The summed E-state index contributed by atoms with van der Waals surface area (Å²) >= 11 is 1.52. The molecule has 2 aromatic rings. The number of amides is 1. The van der Waals surface area contributed by atoms with E-state index in [4.69, 9.17) is 0 Å². The van der Waals surface area contributed by atoms with Gasteiger partial charge in [-0.25, -0.2) is 8.42 Å². The van der Waals surface area contributed by atoms with Crippen LogP contribution in [0.15, 0.2) is 58.3 Å². The molecule has 0 saturated heterocycles. The number of hydrogen-bond donors (Lipinski definition) is 1. The van der Waals surface area contributed by atoms with Gasteiger partial charge in [0.15, 0.2) is 0 Å². The second kappa shape index (κ2) is 8.46. The van der Waals surface area contributed by atoms with Crippen LogP contribution in [-0.4, -0.2) is 38.5 Å². The fraction of sp³-hybridized carbons (Fsp3) is 0.350. The molecule has 0 saturated carbocycles. The minimum atomic E-state index is -3.74. The zero-order valence-corrected chi connectivity index (χ0v) is 17.9. The Kier molecular flexibility index (Phi) is 6.72. The van der Waals surface area contributed by atoms with Crippen LogP contribution in [0.4, 0.5) is 5.69 Å². The molecular formula is C20H26N2O3S2. The number of nitrogens with one attached hydrogen (secondary N) is 1. The molecule has 27 heavy (non-hydrogen) atoms. The normalized spacial score (nSPS) is 12.2. The number of rotatable bonds is 6. The molecule has 0 fully saturated rings. The van der Waals surface area contributed by atoms with Crippen LogP contribution in [0.1, 0.15) is 26.3 Å². The summed E-state index contributed by atoms with van der Waals surface area (Å²) in [5, 5.41) is 2.78. The number of nitrogens with zero attached hydrogens (tertiary/aromatic N) is 1. The number of para-hydroxylation sites is 1. The van der Waals surface area contributed by atoms with Crippen LogP contribution in [0.5, 0.6) is 0 Å². The van der Waals surface area contributed by atoms with E-state index >= 15 is 0 Å². The highest BCUT2D eigenvalue weighted by molar-refractivity contribution is 7.98. The molecule has 146 valence electrons. The molecule has 1 N–H and O–H groups in total. The van der Waals surface area contributed by atoms with E-state index < -0.39 is 10.0 Å². The standard InChI is InChI=1S/C20H26N2O3S2/c1-20(2,3)15-10-12-16(13-11-15)27(24,25)22(4)14-19(23)21-17-8-6-7-9-18(17)26-5/h6-13H,14H2,1-5H3,(H,21,23). The van der Waals surface area contributed by atoms with Crippen LogP contribution >= 0.6 is 11.8 Å². The van der Waals surface area contributed by atoms with Crippen molar-refractivity contribution in [2.24, 2.45) is 0 Å². The zero-order chi connectivity index (χ0) is 20.2. The molecule has 0 aliphatic heterocycles. The third kappa shape index (κ3) is 5.34. The molecule has 7 heteroatoms. The van der Waals surface area contributed by atoms with Crippen molar-refractivity contribution >= 4 is 33.4 Å². The van der Waals surface area contributed by atoms with Gasteiger partial charge in [-0.3, -0.25) is 4.79 Å². The maximum absolute atomic E-state index is 12.7. The number of likely N-dealkylation sites (N-methyl/N-ethyl adjacent to an activating group) is 1. The van der Waals surface area contributed by atoms with Gasteiger partial charge in [-0.05, 0) is 41.5 Å². The quantitative estimate of drug-likeness (QED) is 0.737. The highest BCUT2D eigenvalue weighted by Crippen LogP contribution is 2.26. The third-order valence-electron chi connectivity index (χ3n) is 4.18. The van der Waals surface area contributed by atoms with Crippen molar-refractivity contribution in [3.8, 4) is 0 Å². The molecule has 2 rings (SSSR count). The number of carbonyl (C=O) groups is 1. The zero-order valence-electron chi connectivity index (χ0n) is 16.3. The van der Waals surface area contributed by atoms with Crippen LogP contribution in [0.2, 0.25) is 0 Å². The maximum atomic E-state index is 12.7. The number of anilines is 1. The molecule has 0 radical (unpaired) electrons. The lowest BCUT2D eigenvalue weighted by Gasteiger charge is -2.21. The van der Waals surface area contributed by atoms with Gasteiger partial charge < -0.3 is 5.32 Å². The summed E-state index contributed by atoms with van der Waals surface area (Å²) in [6.45, 7) is 5.95. The summed E-state index contributed by atoms with van der Waals surface area (Å²) in [7, 11) is -2.33.